The molecule has 0 aliphatic carbocycles. The number of thiocarbonyl (C=S) groups is 1. The number of rotatable bonds is 7. The Kier molecular flexibility index (Phi) is 7.24. The Hall–Kier alpha value is -4.56. The minimum Gasteiger partial charge on any atom is -0.352 e. The predicted molar refractivity (Wildman–Crippen MR) is 167 cm³/mol. The molecule has 3 aromatic heterocycles. The van der Waals surface area contributed by atoms with E-state index in [4.69, 9.17) is 12.2 Å². The van der Waals surface area contributed by atoms with Crippen LogP contribution in [0.4, 0.5) is 5.69 Å². The molecule has 206 valence electrons. The van der Waals surface area contributed by atoms with Crippen LogP contribution in [-0.4, -0.2) is 37.0 Å². The summed E-state index contributed by atoms with van der Waals surface area (Å²) in [5, 5.41) is 9.35. The Morgan fingerprint density at radius 3 is 2.54 bits per heavy atom. The second kappa shape index (κ2) is 11.1. The van der Waals surface area contributed by atoms with Crippen LogP contribution in [0.5, 0.6) is 0 Å². The molecule has 4 heterocycles. The van der Waals surface area contributed by atoms with Gasteiger partial charge in [0.1, 0.15) is 5.82 Å². The average Bonchev–Trinajstić information content (AvgIpc) is 3.47. The maximum atomic E-state index is 13.2. The molecule has 6 rings (SSSR count). The van der Waals surface area contributed by atoms with E-state index in [1.165, 1.54) is 0 Å². The summed E-state index contributed by atoms with van der Waals surface area (Å²) in [5.41, 5.74) is 6.13. The van der Waals surface area contributed by atoms with Crippen molar-refractivity contribution < 1.29 is 4.79 Å². The molecule has 5 aromatic rings. The van der Waals surface area contributed by atoms with Gasteiger partial charge in [0.2, 0.25) is 5.91 Å². The Bertz CT molecular complexity index is 1740. The van der Waals surface area contributed by atoms with Crippen LogP contribution in [-0.2, 0) is 4.79 Å². The van der Waals surface area contributed by atoms with E-state index < -0.39 is 0 Å². The van der Waals surface area contributed by atoms with Gasteiger partial charge in [-0.1, -0.05) is 48.5 Å². The number of amides is 1. The van der Waals surface area contributed by atoms with Crippen LogP contribution in [0.25, 0.3) is 16.6 Å². The number of hydrogen-bond donors (Lipinski definition) is 2. The third kappa shape index (κ3) is 5.07. The monoisotopic (exact) mass is 560 g/mol. The molecule has 0 spiro atoms. The second-order valence-corrected chi connectivity index (χ2v) is 10.8. The van der Waals surface area contributed by atoms with Crippen molar-refractivity contribution in [1.82, 2.24) is 24.8 Å². The molecular weight excluding hydrogens is 528 g/mol. The van der Waals surface area contributed by atoms with Gasteiger partial charge < -0.3 is 20.1 Å². The average molecular weight is 561 g/mol. The van der Waals surface area contributed by atoms with Gasteiger partial charge in [0.05, 0.1) is 17.8 Å². The smallest absolute Gasteiger partial charge is 0.226 e. The van der Waals surface area contributed by atoms with Gasteiger partial charge in [-0.3, -0.25) is 9.78 Å². The van der Waals surface area contributed by atoms with Crippen molar-refractivity contribution in [2.75, 3.05) is 11.9 Å². The third-order valence-electron chi connectivity index (χ3n) is 7.82. The van der Waals surface area contributed by atoms with Gasteiger partial charge in [-0.05, 0) is 79.8 Å². The van der Waals surface area contributed by atoms with Gasteiger partial charge in [0.25, 0.3) is 0 Å². The molecule has 1 aliphatic rings. The topological polar surface area (TPSA) is 75.1 Å². The quantitative estimate of drug-likeness (QED) is 0.226. The largest absolute Gasteiger partial charge is 0.352 e. The Balaban J connectivity index is 1.32. The summed E-state index contributed by atoms with van der Waals surface area (Å²) in [6, 6.07) is 25.9. The highest BCUT2D eigenvalue weighted by Gasteiger charge is 2.41. The molecule has 2 N–H and O–H groups in total. The van der Waals surface area contributed by atoms with Crippen LogP contribution >= 0.6 is 12.2 Å². The molecule has 2 atom stereocenters. The molecule has 1 aliphatic heterocycles. The molecule has 0 unspecified atom stereocenters. The van der Waals surface area contributed by atoms with Crippen molar-refractivity contribution in [2.24, 2.45) is 0 Å². The first kappa shape index (κ1) is 26.7. The van der Waals surface area contributed by atoms with E-state index in [9.17, 15) is 4.79 Å². The first-order valence-electron chi connectivity index (χ1n) is 13.8. The molecule has 1 amide bonds. The SMILES string of the molecule is Cc1cccnc1-n1c(C)cc([C@@H]2[C@@H](c3ccccn3)NC(=S)N2CCC(=O)Nc2cccc3ccccc23)c1C. The minimum absolute atomic E-state index is 0.0567. The molecule has 8 heteroatoms. The second-order valence-electron chi connectivity index (χ2n) is 10.5. The van der Waals surface area contributed by atoms with Crippen molar-refractivity contribution >= 4 is 39.7 Å². The van der Waals surface area contributed by atoms with Crippen molar-refractivity contribution in [1.29, 1.82) is 0 Å². The van der Waals surface area contributed by atoms with E-state index in [0.717, 1.165) is 50.5 Å². The fourth-order valence-electron chi connectivity index (χ4n) is 5.88. The normalized spacial score (nSPS) is 16.7. The summed E-state index contributed by atoms with van der Waals surface area (Å²) in [4.78, 5) is 24.7. The van der Waals surface area contributed by atoms with Gasteiger partial charge in [0.15, 0.2) is 5.11 Å². The van der Waals surface area contributed by atoms with Crippen LogP contribution in [0.2, 0.25) is 0 Å². The van der Waals surface area contributed by atoms with Crippen molar-refractivity contribution in [3.63, 3.8) is 0 Å². The molecule has 2 aromatic carbocycles. The third-order valence-corrected chi connectivity index (χ3v) is 8.18. The summed E-state index contributed by atoms with van der Waals surface area (Å²) >= 11 is 5.87. The molecule has 1 saturated heterocycles. The van der Waals surface area contributed by atoms with Gasteiger partial charge >= 0.3 is 0 Å². The lowest BCUT2D eigenvalue weighted by atomic mass is 9.96. The molecule has 1 fully saturated rings. The van der Waals surface area contributed by atoms with Gasteiger partial charge in [-0.25, -0.2) is 4.98 Å². The lowest BCUT2D eigenvalue weighted by molar-refractivity contribution is -0.116. The predicted octanol–water partition coefficient (Wildman–Crippen LogP) is 6.35. The molecule has 7 nitrogen and oxygen atoms in total. The highest BCUT2D eigenvalue weighted by atomic mass is 32.1. The summed E-state index contributed by atoms with van der Waals surface area (Å²) in [6.07, 6.45) is 3.91. The van der Waals surface area contributed by atoms with Crippen molar-refractivity contribution in [3.05, 3.63) is 119 Å². The zero-order chi connectivity index (χ0) is 28.5. The standard InChI is InChI=1S/C33H32N6OS/c1-21-10-9-18-35-32(21)39-22(2)20-26(23(39)3)31-30(28-14-6-7-17-34-28)37-33(41)38(31)19-16-29(40)36-27-15-8-12-24-11-4-5-13-25(24)27/h4-15,17-18,20,30-31H,16,19H2,1-3H3,(H,36,40)(H,37,41)/t30-,31-/m1/s1. The fraction of sp³-hybridized carbons (Fsp3) is 0.212. The number of carbonyl (C=O) groups excluding carboxylic acids is 1. The van der Waals surface area contributed by atoms with Gasteiger partial charge in [-0.15, -0.1) is 0 Å². The zero-order valence-corrected chi connectivity index (χ0v) is 24.2. The van der Waals surface area contributed by atoms with Gasteiger partial charge in [0, 0.05) is 47.8 Å². The number of carbonyl (C=O) groups is 1. The fourth-order valence-corrected chi connectivity index (χ4v) is 6.21. The number of aryl methyl sites for hydroxylation is 2. The number of pyridine rings is 2. The van der Waals surface area contributed by atoms with E-state index in [0.29, 0.717) is 11.7 Å². The number of nitrogens with one attached hydrogen (secondary N) is 2. The van der Waals surface area contributed by atoms with E-state index in [1.807, 2.05) is 72.9 Å². The minimum atomic E-state index is -0.163. The van der Waals surface area contributed by atoms with Crippen molar-refractivity contribution in [3.8, 4) is 5.82 Å². The number of hydrogen-bond acceptors (Lipinski definition) is 4. The highest BCUT2D eigenvalue weighted by Crippen LogP contribution is 2.41. The summed E-state index contributed by atoms with van der Waals surface area (Å²) < 4.78 is 2.20. The maximum Gasteiger partial charge on any atom is 0.226 e. The summed E-state index contributed by atoms with van der Waals surface area (Å²) in [5.74, 6) is 0.858. The lowest BCUT2D eigenvalue weighted by Gasteiger charge is -2.28. The van der Waals surface area contributed by atoms with Crippen LogP contribution < -0.4 is 10.6 Å². The summed E-state index contributed by atoms with van der Waals surface area (Å²) in [6.45, 7) is 6.76. The number of aromatic nitrogens is 3. The number of nitrogens with zero attached hydrogens (tertiary/aromatic N) is 4. The summed E-state index contributed by atoms with van der Waals surface area (Å²) in [7, 11) is 0. The maximum absolute atomic E-state index is 13.2. The number of anilines is 1. The highest BCUT2D eigenvalue weighted by molar-refractivity contribution is 7.80. The lowest BCUT2D eigenvalue weighted by Crippen LogP contribution is -2.33. The Labute approximate surface area is 245 Å². The van der Waals surface area contributed by atoms with Crippen molar-refractivity contribution in [2.45, 2.75) is 39.3 Å². The van der Waals surface area contributed by atoms with E-state index in [2.05, 4.69) is 63.0 Å². The van der Waals surface area contributed by atoms with E-state index in [-0.39, 0.29) is 24.4 Å². The van der Waals surface area contributed by atoms with Crippen LogP contribution in [0, 0.1) is 20.8 Å². The molecule has 0 saturated carbocycles. The van der Waals surface area contributed by atoms with Crippen LogP contribution in [0.1, 0.15) is 46.7 Å². The first-order valence-corrected chi connectivity index (χ1v) is 14.2. The number of fused-ring (bicyclic) bond motifs is 1. The Morgan fingerprint density at radius 2 is 1.73 bits per heavy atom. The molecule has 41 heavy (non-hydrogen) atoms. The van der Waals surface area contributed by atoms with E-state index >= 15 is 0 Å². The van der Waals surface area contributed by atoms with Crippen LogP contribution in [0.15, 0.2) is 91.3 Å². The Morgan fingerprint density at radius 1 is 0.951 bits per heavy atom. The van der Waals surface area contributed by atoms with E-state index in [1.54, 1.807) is 6.20 Å². The number of benzene rings is 2. The van der Waals surface area contributed by atoms with Crippen LogP contribution in [0.3, 0.4) is 0 Å². The molecular formula is C33H32N6OS. The molecule has 0 radical (unpaired) electrons. The zero-order valence-electron chi connectivity index (χ0n) is 23.3. The van der Waals surface area contributed by atoms with Gasteiger partial charge in [-0.2, -0.15) is 0 Å². The molecule has 0 bridgehead atoms. The first-order chi connectivity index (χ1) is 19.9.